The Morgan fingerprint density at radius 1 is 1.07 bits per heavy atom. The standard InChI is InChI=1S/C24H30Cl2N2O2/c1-4-6-13-27-24(30)22(5-2)28(16-18-9-7-17(3)8-10-18)23(29)14-19-11-12-20(25)15-21(19)26/h7-12,15,22H,4-6,13-14,16H2,1-3H3,(H,27,30)/t22-/m1/s1. The van der Waals surface area contributed by atoms with Crippen LogP contribution in [0.15, 0.2) is 42.5 Å². The van der Waals surface area contributed by atoms with Gasteiger partial charge in [-0.3, -0.25) is 9.59 Å². The van der Waals surface area contributed by atoms with Crippen LogP contribution in [0.1, 0.15) is 49.8 Å². The number of aryl methyl sites for hydroxylation is 1. The van der Waals surface area contributed by atoms with Gasteiger partial charge in [-0.05, 0) is 43.0 Å². The van der Waals surface area contributed by atoms with Gasteiger partial charge in [-0.25, -0.2) is 0 Å². The lowest BCUT2D eigenvalue weighted by Crippen LogP contribution is -2.49. The number of benzene rings is 2. The van der Waals surface area contributed by atoms with E-state index in [0.29, 0.717) is 35.1 Å². The van der Waals surface area contributed by atoms with Crippen molar-refractivity contribution >= 4 is 35.0 Å². The molecule has 0 saturated carbocycles. The lowest BCUT2D eigenvalue weighted by atomic mass is 10.1. The zero-order valence-corrected chi connectivity index (χ0v) is 19.4. The molecular weight excluding hydrogens is 419 g/mol. The molecule has 6 heteroatoms. The van der Waals surface area contributed by atoms with Crippen LogP contribution < -0.4 is 5.32 Å². The number of hydrogen-bond donors (Lipinski definition) is 1. The molecule has 0 fully saturated rings. The fraction of sp³-hybridized carbons (Fsp3) is 0.417. The Bertz CT molecular complexity index is 853. The molecule has 0 aromatic heterocycles. The maximum absolute atomic E-state index is 13.3. The van der Waals surface area contributed by atoms with Crippen LogP contribution in [0.5, 0.6) is 0 Å². The molecule has 0 aliphatic heterocycles. The summed E-state index contributed by atoms with van der Waals surface area (Å²) in [6.45, 7) is 7.00. The Kier molecular flexibility index (Phi) is 9.67. The molecule has 162 valence electrons. The molecule has 0 heterocycles. The molecule has 0 spiro atoms. The second-order valence-corrected chi connectivity index (χ2v) is 8.33. The molecule has 0 saturated heterocycles. The average Bonchev–Trinajstić information content (AvgIpc) is 2.71. The van der Waals surface area contributed by atoms with Crippen molar-refractivity contribution in [3.8, 4) is 0 Å². The van der Waals surface area contributed by atoms with Crippen molar-refractivity contribution in [2.45, 2.75) is 59.0 Å². The summed E-state index contributed by atoms with van der Waals surface area (Å²) in [7, 11) is 0. The molecule has 0 radical (unpaired) electrons. The maximum atomic E-state index is 13.3. The minimum Gasteiger partial charge on any atom is -0.354 e. The van der Waals surface area contributed by atoms with Crippen LogP contribution in [0, 0.1) is 6.92 Å². The number of unbranched alkanes of at least 4 members (excludes halogenated alkanes) is 1. The van der Waals surface area contributed by atoms with Gasteiger partial charge < -0.3 is 10.2 Å². The van der Waals surface area contributed by atoms with Gasteiger partial charge in [0.2, 0.25) is 11.8 Å². The van der Waals surface area contributed by atoms with E-state index in [1.54, 1.807) is 23.1 Å². The van der Waals surface area contributed by atoms with E-state index in [2.05, 4.69) is 12.2 Å². The number of carbonyl (C=O) groups excluding carboxylic acids is 2. The minimum absolute atomic E-state index is 0.112. The monoisotopic (exact) mass is 448 g/mol. The topological polar surface area (TPSA) is 49.4 Å². The predicted octanol–water partition coefficient (Wildman–Crippen LogP) is 5.57. The smallest absolute Gasteiger partial charge is 0.242 e. The largest absolute Gasteiger partial charge is 0.354 e. The Hall–Kier alpha value is -2.04. The zero-order valence-electron chi connectivity index (χ0n) is 17.9. The minimum atomic E-state index is -0.540. The zero-order chi connectivity index (χ0) is 22.1. The van der Waals surface area contributed by atoms with Gasteiger partial charge in [0, 0.05) is 23.1 Å². The van der Waals surface area contributed by atoms with E-state index in [9.17, 15) is 9.59 Å². The SMILES string of the molecule is CCCCNC(=O)[C@@H](CC)N(Cc1ccc(C)cc1)C(=O)Cc1ccc(Cl)cc1Cl. The van der Waals surface area contributed by atoms with E-state index in [-0.39, 0.29) is 18.2 Å². The average molecular weight is 449 g/mol. The fourth-order valence-electron chi connectivity index (χ4n) is 3.25. The van der Waals surface area contributed by atoms with Crippen molar-refractivity contribution in [2.75, 3.05) is 6.54 Å². The number of nitrogens with zero attached hydrogens (tertiary/aromatic N) is 1. The van der Waals surface area contributed by atoms with E-state index in [1.165, 1.54) is 0 Å². The lowest BCUT2D eigenvalue weighted by Gasteiger charge is -2.31. The fourth-order valence-corrected chi connectivity index (χ4v) is 3.72. The summed E-state index contributed by atoms with van der Waals surface area (Å²) in [4.78, 5) is 27.8. The number of carbonyl (C=O) groups is 2. The molecule has 2 amide bonds. The molecule has 1 atom stereocenters. The van der Waals surface area contributed by atoms with Crippen molar-refractivity contribution in [2.24, 2.45) is 0 Å². The third-order valence-electron chi connectivity index (χ3n) is 5.05. The molecule has 0 aliphatic rings. The molecule has 2 aromatic rings. The lowest BCUT2D eigenvalue weighted by molar-refractivity contribution is -0.140. The first-order chi connectivity index (χ1) is 14.3. The van der Waals surface area contributed by atoms with E-state index in [0.717, 1.165) is 24.0 Å². The van der Waals surface area contributed by atoms with Gasteiger partial charge in [0.15, 0.2) is 0 Å². The summed E-state index contributed by atoms with van der Waals surface area (Å²) in [6.07, 6.45) is 2.55. The molecular formula is C24H30Cl2N2O2. The van der Waals surface area contributed by atoms with Gasteiger partial charge in [-0.2, -0.15) is 0 Å². The third kappa shape index (κ3) is 7.03. The number of amides is 2. The molecule has 2 aromatic carbocycles. The van der Waals surface area contributed by atoms with Gasteiger partial charge in [-0.1, -0.05) is 79.4 Å². The van der Waals surface area contributed by atoms with Gasteiger partial charge in [-0.15, -0.1) is 0 Å². The first-order valence-electron chi connectivity index (χ1n) is 10.4. The summed E-state index contributed by atoms with van der Waals surface area (Å²) in [5.41, 5.74) is 2.83. The third-order valence-corrected chi connectivity index (χ3v) is 5.63. The highest BCUT2D eigenvalue weighted by Gasteiger charge is 2.28. The molecule has 30 heavy (non-hydrogen) atoms. The first kappa shape index (κ1) is 24.2. The highest BCUT2D eigenvalue weighted by Crippen LogP contribution is 2.23. The Morgan fingerprint density at radius 2 is 1.77 bits per heavy atom. The van der Waals surface area contributed by atoms with Crippen LogP contribution in [-0.4, -0.2) is 29.3 Å². The van der Waals surface area contributed by atoms with E-state index in [1.807, 2.05) is 38.1 Å². The number of rotatable bonds is 10. The summed E-state index contributed by atoms with van der Waals surface area (Å²) < 4.78 is 0. The van der Waals surface area contributed by atoms with E-state index < -0.39 is 6.04 Å². The first-order valence-corrected chi connectivity index (χ1v) is 11.2. The maximum Gasteiger partial charge on any atom is 0.242 e. The second kappa shape index (κ2) is 12.0. The van der Waals surface area contributed by atoms with Crippen molar-refractivity contribution in [1.29, 1.82) is 0 Å². The van der Waals surface area contributed by atoms with Crippen LogP contribution >= 0.6 is 23.2 Å². The quantitative estimate of drug-likeness (QED) is 0.483. The van der Waals surface area contributed by atoms with Crippen molar-refractivity contribution in [1.82, 2.24) is 10.2 Å². The van der Waals surface area contributed by atoms with Crippen molar-refractivity contribution < 1.29 is 9.59 Å². The van der Waals surface area contributed by atoms with E-state index in [4.69, 9.17) is 23.2 Å². The van der Waals surface area contributed by atoms with Crippen LogP contribution in [0.2, 0.25) is 10.0 Å². The molecule has 0 bridgehead atoms. The molecule has 0 unspecified atom stereocenters. The summed E-state index contributed by atoms with van der Waals surface area (Å²) in [5.74, 6) is -0.258. The molecule has 1 N–H and O–H groups in total. The van der Waals surface area contributed by atoms with Crippen LogP contribution in [0.25, 0.3) is 0 Å². The van der Waals surface area contributed by atoms with E-state index >= 15 is 0 Å². The normalized spacial score (nSPS) is 11.8. The molecule has 4 nitrogen and oxygen atoms in total. The number of nitrogens with one attached hydrogen (secondary N) is 1. The summed E-state index contributed by atoms with van der Waals surface area (Å²) >= 11 is 12.3. The molecule has 2 rings (SSSR count). The summed E-state index contributed by atoms with van der Waals surface area (Å²) in [6, 6.07) is 12.6. The van der Waals surface area contributed by atoms with Crippen molar-refractivity contribution in [3.05, 3.63) is 69.2 Å². The van der Waals surface area contributed by atoms with Gasteiger partial charge in [0.1, 0.15) is 6.04 Å². The van der Waals surface area contributed by atoms with Gasteiger partial charge in [0.05, 0.1) is 6.42 Å². The van der Waals surface area contributed by atoms with Gasteiger partial charge in [0.25, 0.3) is 0 Å². The predicted molar refractivity (Wildman–Crippen MR) is 124 cm³/mol. The Morgan fingerprint density at radius 3 is 2.37 bits per heavy atom. The molecule has 0 aliphatic carbocycles. The van der Waals surface area contributed by atoms with Crippen molar-refractivity contribution in [3.63, 3.8) is 0 Å². The van der Waals surface area contributed by atoms with Crippen LogP contribution in [0.4, 0.5) is 0 Å². The Labute approximate surface area is 189 Å². The Balaban J connectivity index is 2.26. The highest BCUT2D eigenvalue weighted by atomic mass is 35.5. The summed E-state index contributed by atoms with van der Waals surface area (Å²) in [5, 5.41) is 3.94. The van der Waals surface area contributed by atoms with Crippen LogP contribution in [0.3, 0.4) is 0 Å². The number of hydrogen-bond acceptors (Lipinski definition) is 2. The van der Waals surface area contributed by atoms with Crippen LogP contribution in [-0.2, 0) is 22.6 Å². The second-order valence-electron chi connectivity index (χ2n) is 7.49. The number of halogens is 2. The van der Waals surface area contributed by atoms with Gasteiger partial charge >= 0.3 is 0 Å². The highest BCUT2D eigenvalue weighted by molar-refractivity contribution is 6.35.